The Kier molecular flexibility index (Phi) is 3.16. The van der Waals surface area contributed by atoms with Crippen molar-refractivity contribution >= 4 is 16.9 Å². The van der Waals surface area contributed by atoms with Crippen LogP contribution < -0.4 is 0 Å². The molecule has 0 aliphatic carbocycles. The van der Waals surface area contributed by atoms with Crippen molar-refractivity contribution in [1.29, 1.82) is 0 Å². The van der Waals surface area contributed by atoms with Crippen molar-refractivity contribution in [2.45, 2.75) is 6.61 Å². The molecule has 3 heterocycles. The molecule has 3 aromatic heterocycles. The molecule has 1 aromatic carbocycles. The van der Waals surface area contributed by atoms with Gasteiger partial charge in [0.05, 0.1) is 11.8 Å². The largest absolute Gasteiger partial charge is 0.461 e. The molecule has 0 fully saturated rings. The van der Waals surface area contributed by atoms with Gasteiger partial charge in [-0.1, -0.05) is 23.4 Å². The van der Waals surface area contributed by atoms with Crippen LogP contribution in [0.2, 0.25) is 0 Å². The quantitative estimate of drug-likeness (QED) is 0.582. The monoisotopic (exact) mass is 309 g/mol. The van der Waals surface area contributed by atoms with Gasteiger partial charge in [-0.3, -0.25) is 5.10 Å². The van der Waals surface area contributed by atoms with Crippen LogP contribution in [-0.4, -0.2) is 21.3 Å². The molecule has 0 saturated carbocycles. The summed E-state index contributed by atoms with van der Waals surface area (Å²) in [4.78, 5) is 12.1. The maximum absolute atomic E-state index is 12.1. The summed E-state index contributed by atoms with van der Waals surface area (Å²) in [6, 6.07) is 12.5. The maximum Gasteiger partial charge on any atom is 0.359 e. The number of aromatic nitrogens is 3. The van der Waals surface area contributed by atoms with Crippen LogP contribution in [0.4, 0.5) is 0 Å². The Balaban J connectivity index is 1.48. The zero-order chi connectivity index (χ0) is 15.6. The fraction of sp³-hybridized carbons (Fsp3) is 0.0625. The van der Waals surface area contributed by atoms with E-state index >= 15 is 0 Å². The molecule has 0 radical (unpaired) electrons. The van der Waals surface area contributed by atoms with Crippen LogP contribution in [0.25, 0.3) is 22.4 Å². The number of para-hydroxylation sites is 1. The Labute approximate surface area is 129 Å². The Bertz CT molecular complexity index is 953. The third-order valence-electron chi connectivity index (χ3n) is 3.34. The second kappa shape index (κ2) is 5.45. The second-order valence-electron chi connectivity index (χ2n) is 4.85. The number of nitrogens with one attached hydrogen (secondary N) is 1. The van der Waals surface area contributed by atoms with Gasteiger partial charge in [0.2, 0.25) is 5.76 Å². The SMILES string of the molecule is O=C(OCc1cc(-c2ccco2)on1)c1n[nH]c2ccccc12. The maximum atomic E-state index is 12.1. The highest BCUT2D eigenvalue weighted by atomic mass is 16.5. The number of aromatic amines is 1. The molecule has 0 aliphatic heterocycles. The Morgan fingerprint density at radius 1 is 1.17 bits per heavy atom. The number of hydrogen-bond donors (Lipinski definition) is 1. The Morgan fingerprint density at radius 3 is 2.96 bits per heavy atom. The number of benzene rings is 1. The number of fused-ring (bicyclic) bond motifs is 1. The number of nitrogens with zero attached hydrogens (tertiary/aromatic N) is 2. The fourth-order valence-corrected chi connectivity index (χ4v) is 2.24. The molecule has 4 rings (SSSR count). The lowest BCUT2D eigenvalue weighted by atomic mass is 10.2. The molecule has 0 aliphatic rings. The molecular weight excluding hydrogens is 298 g/mol. The first-order valence-electron chi connectivity index (χ1n) is 6.91. The summed E-state index contributed by atoms with van der Waals surface area (Å²) in [6.45, 7) is -0.00969. The van der Waals surface area contributed by atoms with Crippen LogP contribution in [-0.2, 0) is 11.3 Å². The number of H-pyrrole nitrogens is 1. The van der Waals surface area contributed by atoms with E-state index in [-0.39, 0.29) is 12.3 Å². The van der Waals surface area contributed by atoms with Crippen LogP contribution in [0.15, 0.2) is 57.7 Å². The minimum Gasteiger partial charge on any atom is -0.461 e. The number of furan rings is 1. The van der Waals surface area contributed by atoms with E-state index in [0.717, 1.165) is 5.52 Å². The third-order valence-corrected chi connectivity index (χ3v) is 3.34. The topological polar surface area (TPSA) is 94.2 Å². The minimum atomic E-state index is -0.523. The molecule has 114 valence electrons. The predicted octanol–water partition coefficient (Wildman–Crippen LogP) is 3.17. The highest BCUT2D eigenvalue weighted by Gasteiger charge is 2.16. The Hall–Kier alpha value is -3.35. The van der Waals surface area contributed by atoms with Crippen LogP contribution >= 0.6 is 0 Å². The van der Waals surface area contributed by atoms with Crippen molar-refractivity contribution in [1.82, 2.24) is 15.4 Å². The summed E-state index contributed by atoms with van der Waals surface area (Å²) < 4.78 is 15.6. The molecule has 1 N–H and O–H groups in total. The summed E-state index contributed by atoms with van der Waals surface area (Å²) in [6.07, 6.45) is 1.54. The molecule has 4 aromatic rings. The molecule has 7 heteroatoms. The molecule has 7 nitrogen and oxygen atoms in total. The number of hydrogen-bond acceptors (Lipinski definition) is 6. The molecule has 0 bridgehead atoms. The standard InChI is InChI=1S/C16H11N3O4/c20-16(15-11-4-1-2-5-12(11)17-18-15)22-9-10-8-14(23-19-10)13-6-3-7-21-13/h1-8H,9H2,(H,17,18). The van der Waals surface area contributed by atoms with Gasteiger partial charge >= 0.3 is 5.97 Å². The highest BCUT2D eigenvalue weighted by Crippen LogP contribution is 2.21. The van der Waals surface area contributed by atoms with Gasteiger partial charge in [0.15, 0.2) is 11.5 Å². The predicted molar refractivity (Wildman–Crippen MR) is 79.4 cm³/mol. The highest BCUT2D eigenvalue weighted by molar-refractivity contribution is 6.01. The summed E-state index contributed by atoms with van der Waals surface area (Å²) in [5.41, 5.74) is 1.51. The van der Waals surface area contributed by atoms with Gasteiger partial charge in [-0.05, 0) is 18.2 Å². The van der Waals surface area contributed by atoms with E-state index in [1.807, 2.05) is 18.2 Å². The zero-order valence-electron chi connectivity index (χ0n) is 11.9. The first-order valence-corrected chi connectivity index (χ1v) is 6.91. The van der Waals surface area contributed by atoms with Crippen LogP contribution in [0.5, 0.6) is 0 Å². The van der Waals surface area contributed by atoms with E-state index in [2.05, 4.69) is 15.4 Å². The van der Waals surface area contributed by atoms with Gasteiger partial charge in [0.1, 0.15) is 12.3 Å². The lowest BCUT2D eigenvalue weighted by molar-refractivity contribution is 0.0459. The summed E-state index contributed by atoms with van der Waals surface area (Å²) in [5.74, 6) is 0.518. The van der Waals surface area contributed by atoms with Crippen LogP contribution in [0.1, 0.15) is 16.2 Å². The van der Waals surface area contributed by atoms with Gasteiger partial charge in [-0.15, -0.1) is 0 Å². The zero-order valence-corrected chi connectivity index (χ0v) is 11.9. The number of rotatable bonds is 4. The van der Waals surface area contributed by atoms with Gasteiger partial charge < -0.3 is 13.7 Å². The van der Waals surface area contributed by atoms with E-state index in [4.69, 9.17) is 13.7 Å². The van der Waals surface area contributed by atoms with Crippen molar-refractivity contribution in [3.63, 3.8) is 0 Å². The van der Waals surface area contributed by atoms with E-state index in [1.54, 1.807) is 30.5 Å². The second-order valence-corrected chi connectivity index (χ2v) is 4.85. The number of ether oxygens (including phenoxy) is 1. The van der Waals surface area contributed by atoms with E-state index in [1.165, 1.54) is 0 Å². The summed E-state index contributed by atoms with van der Waals surface area (Å²) >= 11 is 0. The van der Waals surface area contributed by atoms with Crippen molar-refractivity contribution < 1.29 is 18.5 Å². The van der Waals surface area contributed by atoms with Crippen molar-refractivity contribution in [3.05, 3.63) is 60.1 Å². The molecular formula is C16H11N3O4. The smallest absolute Gasteiger partial charge is 0.359 e. The minimum absolute atomic E-state index is 0.00969. The van der Waals surface area contributed by atoms with Crippen LogP contribution in [0.3, 0.4) is 0 Å². The molecule has 0 unspecified atom stereocenters. The molecule has 0 amide bonds. The fourth-order valence-electron chi connectivity index (χ4n) is 2.24. The van der Waals surface area contributed by atoms with Gasteiger partial charge in [-0.25, -0.2) is 4.79 Å². The van der Waals surface area contributed by atoms with Crippen molar-refractivity contribution in [2.24, 2.45) is 0 Å². The van der Waals surface area contributed by atoms with Crippen molar-refractivity contribution in [3.8, 4) is 11.5 Å². The van der Waals surface area contributed by atoms with Gasteiger partial charge in [0, 0.05) is 11.5 Å². The first-order chi connectivity index (χ1) is 11.3. The Morgan fingerprint density at radius 2 is 2.09 bits per heavy atom. The lowest BCUT2D eigenvalue weighted by Gasteiger charge is -1.99. The van der Waals surface area contributed by atoms with Crippen LogP contribution in [0, 0.1) is 0 Å². The normalized spacial score (nSPS) is 11.0. The molecule has 23 heavy (non-hydrogen) atoms. The van der Waals surface area contributed by atoms with E-state index in [9.17, 15) is 4.79 Å². The van der Waals surface area contributed by atoms with Crippen molar-refractivity contribution in [2.75, 3.05) is 0 Å². The lowest BCUT2D eigenvalue weighted by Crippen LogP contribution is -2.06. The van der Waals surface area contributed by atoms with E-state index in [0.29, 0.717) is 22.6 Å². The van der Waals surface area contributed by atoms with E-state index < -0.39 is 5.97 Å². The number of esters is 1. The average molecular weight is 309 g/mol. The number of carbonyl (C=O) groups is 1. The molecule has 0 saturated heterocycles. The van der Waals surface area contributed by atoms with Gasteiger partial charge in [-0.2, -0.15) is 5.10 Å². The van der Waals surface area contributed by atoms with Gasteiger partial charge in [0.25, 0.3) is 0 Å². The summed E-state index contributed by atoms with van der Waals surface area (Å²) in [5, 5.41) is 11.4. The first kappa shape index (κ1) is 13.3. The molecule has 0 atom stereocenters. The molecule has 0 spiro atoms. The average Bonchev–Trinajstić information content (AvgIpc) is 3.31. The summed E-state index contributed by atoms with van der Waals surface area (Å²) in [7, 11) is 0. The third kappa shape index (κ3) is 2.48. The number of carbonyl (C=O) groups excluding carboxylic acids is 1.